The zero-order chi connectivity index (χ0) is 12.3. The number of rotatable bonds is 2. The van der Waals surface area contributed by atoms with Gasteiger partial charge in [-0.15, -0.1) is 24.8 Å². The van der Waals surface area contributed by atoms with Crippen LogP contribution in [0.2, 0.25) is 0 Å². The van der Waals surface area contributed by atoms with Crippen LogP contribution in [0.15, 0.2) is 0 Å². The molecule has 1 atom stereocenters. The minimum absolute atomic E-state index is 0. The van der Waals surface area contributed by atoms with Gasteiger partial charge in [0.2, 0.25) is 5.91 Å². The van der Waals surface area contributed by atoms with E-state index in [1.165, 1.54) is 6.42 Å². The highest BCUT2D eigenvalue weighted by Crippen LogP contribution is 2.22. The van der Waals surface area contributed by atoms with Crippen LogP contribution in [0.25, 0.3) is 0 Å². The predicted octanol–water partition coefficient (Wildman–Crippen LogP) is 1.37. The summed E-state index contributed by atoms with van der Waals surface area (Å²) in [6.07, 6.45) is 4.37. The Balaban J connectivity index is 0.00000162. The summed E-state index contributed by atoms with van der Waals surface area (Å²) >= 11 is 0. The predicted molar refractivity (Wildman–Crippen MR) is 83.1 cm³/mol. The number of carbonyl (C=O) groups is 1. The summed E-state index contributed by atoms with van der Waals surface area (Å²) in [4.78, 5) is 16.8. The van der Waals surface area contributed by atoms with Crippen LogP contribution in [0.5, 0.6) is 0 Å². The summed E-state index contributed by atoms with van der Waals surface area (Å²) < 4.78 is 0. The Morgan fingerprint density at radius 3 is 2.37 bits per heavy atom. The molecule has 2 aliphatic heterocycles. The fourth-order valence-corrected chi connectivity index (χ4v) is 2.97. The highest BCUT2D eigenvalue weighted by molar-refractivity contribution is 5.85. The second-order valence-corrected chi connectivity index (χ2v) is 5.61. The van der Waals surface area contributed by atoms with Crippen LogP contribution < -0.4 is 5.73 Å². The van der Waals surface area contributed by atoms with Crippen molar-refractivity contribution in [1.82, 2.24) is 9.80 Å². The molecule has 2 saturated heterocycles. The Morgan fingerprint density at radius 1 is 1.16 bits per heavy atom. The number of nitrogens with zero attached hydrogens (tertiary/aromatic N) is 2. The zero-order valence-corrected chi connectivity index (χ0v) is 13.3. The number of carbonyl (C=O) groups excluding carboxylic acids is 1. The number of nitrogens with two attached hydrogens (primary N) is 1. The highest BCUT2D eigenvalue weighted by Gasteiger charge is 2.30. The minimum atomic E-state index is 0. The SMILES string of the molecule is CN1CCC(C(=O)N2CCCC(CN)C2)CC1.Cl.Cl. The molecule has 2 fully saturated rings. The summed E-state index contributed by atoms with van der Waals surface area (Å²) in [6.45, 7) is 4.68. The average molecular weight is 312 g/mol. The molecule has 0 radical (unpaired) electrons. The maximum absolute atomic E-state index is 12.4. The summed E-state index contributed by atoms with van der Waals surface area (Å²) in [5.41, 5.74) is 5.72. The highest BCUT2D eigenvalue weighted by atomic mass is 35.5. The van der Waals surface area contributed by atoms with Gasteiger partial charge in [-0.25, -0.2) is 0 Å². The Bertz CT molecular complexity index is 271. The first kappa shape index (κ1) is 19.0. The van der Waals surface area contributed by atoms with Crippen LogP contribution in [-0.4, -0.2) is 55.5 Å². The van der Waals surface area contributed by atoms with Gasteiger partial charge in [0.1, 0.15) is 0 Å². The Labute approximate surface area is 128 Å². The fourth-order valence-electron chi connectivity index (χ4n) is 2.97. The number of hydrogen-bond donors (Lipinski definition) is 1. The van der Waals surface area contributed by atoms with E-state index in [4.69, 9.17) is 5.73 Å². The van der Waals surface area contributed by atoms with Crippen LogP contribution >= 0.6 is 24.8 Å². The average Bonchev–Trinajstić information content (AvgIpc) is 2.39. The second kappa shape index (κ2) is 9.01. The molecule has 0 spiro atoms. The number of piperidine rings is 2. The third-order valence-electron chi connectivity index (χ3n) is 4.23. The lowest BCUT2D eigenvalue weighted by Gasteiger charge is -2.36. The van der Waals surface area contributed by atoms with E-state index in [1.54, 1.807) is 0 Å². The van der Waals surface area contributed by atoms with Gasteiger partial charge in [-0.1, -0.05) is 0 Å². The van der Waals surface area contributed by atoms with Crippen molar-refractivity contribution in [2.24, 2.45) is 17.6 Å². The topological polar surface area (TPSA) is 49.6 Å². The van der Waals surface area contributed by atoms with Gasteiger partial charge >= 0.3 is 0 Å². The molecule has 0 saturated carbocycles. The third-order valence-corrected chi connectivity index (χ3v) is 4.23. The molecule has 0 bridgehead atoms. The molecule has 2 N–H and O–H groups in total. The van der Waals surface area contributed by atoms with Crippen molar-refractivity contribution in [3.8, 4) is 0 Å². The molecule has 1 amide bonds. The molecule has 4 nitrogen and oxygen atoms in total. The van der Waals surface area contributed by atoms with E-state index in [2.05, 4.69) is 16.8 Å². The number of amides is 1. The smallest absolute Gasteiger partial charge is 0.225 e. The summed E-state index contributed by atoms with van der Waals surface area (Å²) in [5, 5.41) is 0. The van der Waals surface area contributed by atoms with Crippen LogP contribution in [0.1, 0.15) is 25.7 Å². The van der Waals surface area contributed by atoms with Crippen LogP contribution in [0, 0.1) is 11.8 Å². The molecule has 6 heteroatoms. The Hall–Kier alpha value is -0.0300. The molecular formula is C13H27Cl2N3O. The molecule has 2 rings (SSSR count). The number of halogens is 2. The van der Waals surface area contributed by atoms with E-state index < -0.39 is 0 Å². The first-order valence-electron chi connectivity index (χ1n) is 6.88. The van der Waals surface area contributed by atoms with Gasteiger partial charge in [0.15, 0.2) is 0 Å². The van der Waals surface area contributed by atoms with Gasteiger partial charge in [-0.3, -0.25) is 4.79 Å². The molecular weight excluding hydrogens is 285 g/mol. The van der Waals surface area contributed by atoms with Gasteiger partial charge < -0.3 is 15.5 Å². The van der Waals surface area contributed by atoms with Crippen LogP contribution in [0.3, 0.4) is 0 Å². The van der Waals surface area contributed by atoms with Crippen molar-refractivity contribution in [1.29, 1.82) is 0 Å². The Morgan fingerprint density at radius 2 is 1.79 bits per heavy atom. The van der Waals surface area contributed by atoms with E-state index in [9.17, 15) is 4.79 Å². The maximum Gasteiger partial charge on any atom is 0.225 e. The maximum atomic E-state index is 12.4. The van der Waals surface area contributed by atoms with E-state index in [0.29, 0.717) is 11.8 Å². The summed E-state index contributed by atoms with van der Waals surface area (Å²) in [5.74, 6) is 1.18. The molecule has 2 aliphatic rings. The second-order valence-electron chi connectivity index (χ2n) is 5.61. The lowest BCUT2D eigenvalue weighted by molar-refractivity contribution is -0.138. The zero-order valence-electron chi connectivity index (χ0n) is 11.7. The molecule has 0 aromatic carbocycles. The molecule has 114 valence electrons. The van der Waals surface area contributed by atoms with E-state index in [-0.39, 0.29) is 30.7 Å². The normalized spacial score (nSPS) is 25.4. The Kier molecular flexibility index (Phi) is 8.99. The van der Waals surface area contributed by atoms with Crippen molar-refractivity contribution >= 4 is 30.7 Å². The van der Waals surface area contributed by atoms with Crippen molar-refractivity contribution in [2.45, 2.75) is 25.7 Å². The van der Waals surface area contributed by atoms with Crippen molar-refractivity contribution < 1.29 is 4.79 Å². The molecule has 0 aromatic rings. The van der Waals surface area contributed by atoms with Crippen molar-refractivity contribution in [3.05, 3.63) is 0 Å². The van der Waals surface area contributed by atoms with Crippen molar-refractivity contribution in [2.75, 3.05) is 39.8 Å². The quantitative estimate of drug-likeness (QED) is 0.838. The first-order valence-corrected chi connectivity index (χ1v) is 6.88. The first-order chi connectivity index (χ1) is 8.20. The van der Waals surface area contributed by atoms with Gasteiger partial charge in [-0.2, -0.15) is 0 Å². The molecule has 0 aromatic heterocycles. The van der Waals surface area contributed by atoms with E-state index >= 15 is 0 Å². The summed E-state index contributed by atoms with van der Waals surface area (Å²) in [7, 11) is 2.13. The molecule has 0 aliphatic carbocycles. The minimum Gasteiger partial charge on any atom is -0.342 e. The van der Waals surface area contributed by atoms with Gasteiger partial charge in [-0.05, 0) is 58.3 Å². The summed E-state index contributed by atoms with van der Waals surface area (Å²) in [6, 6.07) is 0. The standard InChI is InChI=1S/C13H25N3O.2ClH/c1-15-7-4-12(5-8-15)13(17)16-6-2-3-11(9-14)10-16;;/h11-12H,2-10,14H2,1H3;2*1H. The molecule has 1 unspecified atom stereocenters. The van der Waals surface area contributed by atoms with Crippen LogP contribution in [-0.2, 0) is 4.79 Å². The number of likely N-dealkylation sites (tertiary alicyclic amines) is 2. The number of hydrogen-bond acceptors (Lipinski definition) is 3. The molecule has 2 heterocycles. The van der Waals surface area contributed by atoms with Crippen LogP contribution in [0.4, 0.5) is 0 Å². The van der Waals surface area contributed by atoms with Gasteiger partial charge in [0.05, 0.1) is 0 Å². The monoisotopic (exact) mass is 311 g/mol. The van der Waals surface area contributed by atoms with Crippen molar-refractivity contribution in [3.63, 3.8) is 0 Å². The van der Waals surface area contributed by atoms with Gasteiger partial charge in [0, 0.05) is 19.0 Å². The largest absolute Gasteiger partial charge is 0.342 e. The van der Waals surface area contributed by atoms with Gasteiger partial charge in [0.25, 0.3) is 0 Å². The molecule has 19 heavy (non-hydrogen) atoms. The lowest BCUT2D eigenvalue weighted by Crippen LogP contribution is -2.46. The lowest BCUT2D eigenvalue weighted by atomic mass is 9.92. The third kappa shape index (κ3) is 5.10. The fraction of sp³-hybridized carbons (Fsp3) is 0.923. The van der Waals surface area contributed by atoms with E-state index in [1.807, 2.05) is 0 Å². The van der Waals surface area contributed by atoms with E-state index in [0.717, 1.165) is 52.0 Å².